The van der Waals surface area contributed by atoms with Gasteiger partial charge in [0.1, 0.15) is 5.82 Å². The first kappa shape index (κ1) is 12.0. The van der Waals surface area contributed by atoms with Gasteiger partial charge in [-0.25, -0.2) is 4.98 Å². The molecule has 0 saturated heterocycles. The van der Waals surface area contributed by atoms with Crippen molar-refractivity contribution in [2.45, 2.75) is 20.3 Å². The van der Waals surface area contributed by atoms with Gasteiger partial charge in [-0.2, -0.15) is 4.98 Å². The van der Waals surface area contributed by atoms with Crippen LogP contribution in [0.5, 0.6) is 0 Å². The molecule has 1 aromatic heterocycles. The molecule has 0 unspecified atom stereocenters. The highest BCUT2D eigenvalue weighted by molar-refractivity contribution is 5.74. The van der Waals surface area contributed by atoms with Gasteiger partial charge < -0.3 is 10.6 Å². The zero-order valence-corrected chi connectivity index (χ0v) is 11.6. The first-order chi connectivity index (χ1) is 9.06. The molecular formula is C15H18N4. The molecule has 2 N–H and O–H groups in total. The Bertz CT molecular complexity index is 649. The van der Waals surface area contributed by atoms with Crippen molar-refractivity contribution < 1.29 is 0 Å². The topological polar surface area (TPSA) is 55.0 Å². The van der Waals surface area contributed by atoms with E-state index in [1.165, 1.54) is 22.3 Å². The molecule has 0 amide bonds. The number of nitrogen functional groups attached to an aromatic ring is 1. The van der Waals surface area contributed by atoms with Crippen LogP contribution in [0.15, 0.2) is 18.2 Å². The molecule has 98 valence electrons. The molecule has 0 saturated carbocycles. The Morgan fingerprint density at radius 3 is 2.79 bits per heavy atom. The molecule has 3 rings (SSSR count). The third-order valence-corrected chi connectivity index (χ3v) is 3.71. The van der Waals surface area contributed by atoms with Crippen LogP contribution >= 0.6 is 0 Å². The summed E-state index contributed by atoms with van der Waals surface area (Å²) in [4.78, 5) is 11.0. The number of anilines is 2. The third-order valence-electron chi connectivity index (χ3n) is 3.71. The lowest BCUT2D eigenvalue weighted by molar-refractivity contribution is 0.946. The Hall–Kier alpha value is -2.10. The standard InChI is InChI=1S/C15H18N4/c1-9-4-5-10(2)12(8-9)13-11-6-7-19(3)14(11)18-15(16)17-13/h4-5,8H,6-7H2,1-3H3,(H2,16,17,18). The second-order valence-corrected chi connectivity index (χ2v) is 5.22. The van der Waals surface area contributed by atoms with Crippen LogP contribution in [0.25, 0.3) is 11.3 Å². The molecule has 4 heteroatoms. The van der Waals surface area contributed by atoms with E-state index >= 15 is 0 Å². The Labute approximate surface area is 113 Å². The Morgan fingerprint density at radius 1 is 1.21 bits per heavy atom. The lowest BCUT2D eigenvalue weighted by atomic mass is 9.99. The maximum Gasteiger partial charge on any atom is 0.222 e. The van der Waals surface area contributed by atoms with Gasteiger partial charge in [-0.1, -0.05) is 17.7 Å². The van der Waals surface area contributed by atoms with E-state index < -0.39 is 0 Å². The normalized spacial score (nSPS) is 13.7. The van der Waals surface area contributed by atoms with Crippen molar-refractivity contribution in [3.05, 3.63) is 34.9 Å². The van der Waals surface area contributed by atoms with E-state index in [1.807, 2.05) is 7.05 Å². The number of hydrogen-bond acceptors (Lipinski definition) is 4. The molecule has 1 aliphatic rings. The first-order valence-corrected chi connectivity index (χ1v) is 6.51. The van der Waals surface area contributed by atoms with Crippen molar-refractivity contribution in [1.29, 1.82) is 0 Å². The summed E-state index contributed by atoms with van der Waals surface area (Å²) in [7, 11) is 2.05. The molecule has 2 heterocycles. The van der Waals surface area contributed by atoms with E-state index in [2.05, 4.69) is 46.9 Å². The summed E-state index contributed by atoms with van der Waals surface area (Å²) in [5, 5.41) is 0. The summed E-state index contributed by atoms with van der Waals surface area (Å²) < 4.78 is 0. The summed E-state index contributed by atoms with van der Waals surface area (Å²) in [5.74, 6) is 1.33. The fourth-order valence-corrected chi connectivity index (χ4v) is 2.63. The average Bonchev–Trinajstić information content (AvgIpc) is 2.73. The molecule has 0 bridgehead atoms. The monoisotopic (exact) mass is 254 g/mol. The Kier molecular flexibility index (Phi) is 2.66. The number of hydrogen-bond donors (Lipinski definition) is 1. The summed E-state index contributed by atoms with van der Waals surface area (Å²) in [6.45, 7) is 5.18. The van der Waals surface area contributed by atoms with Crippen molar-refractivity contribution in [3.63, 3.8) is 0 Å². The molecule has 2 aromatic rings. The minimum atomic E-state index is 0.350. The largest absolute Gasteiger partial charge is 0.368 e. The summed E-state index contributed by atoms with van der Waals surface area (Å²) in [5.41, 5.74) is 11.7. The molecule has 19 heavy (non-hydrogen) atoms. The highest BCUT2D eigenvalue weighted by Crippen LogP contribution is 2.35. The maximum absolute atomic E-state index is 5.87. The van der Waals surface area contributed by atoms with Crippen LogP contribution in [0.3, 0.4) is 0 Å². The van der Waals surface area contributed by atoms with E-state index in [0.29, 0.717) is 5.95 Å². The van der Waals surface area contributed by atoms with Crippen molar-refractivity contribution >= 4 is 11.8 Å². The molecule has 0 radical (unpaired) electrons. The smallest absolute Gasteiger partial charge is 0.222 e. The van der Waals surface area contributed by atoms with E-state index in [0.717, 1.165) is 24.5 Å². The fraction of sp³-hybridized carbons (Fsp3) is 0.333. The molecule has 0 aliphatic carbocycles. The van der Waals surface area contributed by atoms with Crippen LogP contribution in [-0.4, -0.2) is 23.6 Å². The maximum atomic E-state index is 5.87. The summed E-state index contributed by atoms with van der Waals surface area (Å²) in [6.07, 6.45) is 0.981. The number of aromatic nitrogens is 2. The number of benzene rings is 1. The number of fused-ring (bicyclic) bond motifs is 1. The number of nitrogens with two attached hydrogens (primary N) is 1. The minimum absolute atomic E-state index is 0.350. The molecule has 0 atom stereocenters. The number of nitrogens with zero attached hydrogens (tertiary/aromatic N) is 3. The van der Waals surface area contributed by atoms with Gasteiger partial charge in [0, 0.05) is 24.7 Å². The van der Waals surface area contributed by atoms with Crippen molar-refractivity contribution in [2.24, 2.45) is 0 Å². The second-order valence-electron chi connectivity index (χ2n) is 5.22. The van der Waals surface area contributed by atoms with Crippen LogP contribution in [0.2, 0.25) is 0 Å². The molecule has 1 aromatic carbocycles. The zero-order chi connectivity index (χ0) is 13.6. The predicted octanol–water partition coefficient (Wildman–Crippen LogP) is 2.33. The Balaban J connectivity index is 2.26. The van der Waals surface area contributed by atoms with Crippen LogP contribution in [0.4, 0.5) is 11.8 Å². The van der Waals surface area contributed by atoms with Gasteiger partial charge in [0.25, 0.3) is 0 Å². The quantitative estimate of drug-likeness (QED) is 0.848. The van der Waals surface area contributed by atoms with Gasteiger partial charge in [-0.3, -0.25) is 0 Å². The van der Waals surface area contributed by atoms with E-state index in [1.54, 1.807) is 0 Å². The van der Waals surface area contributed by atoms with E-state index in [9.17, 15) is 0 Å². The van der Waals surface area contributed by atoms with Crippen molar-refractivity contribution in [3.8, 4) is 11.3 Å². The number of likely N-dealkylation sites (N-methyl/N-ethyl adjacent to an activating group) is 1. The molecular weight excluding hydrogens is 236 g/mol. The van der Waals surface area contributed by atoms with Crippen LogP contribution in [0.1, 0.15) is 16.7 Å². The van der Waals surface area contributed by atoms with Crippen molar-refractivity contribution in [2.75, 3.05) is 24.2 Å². The van der Waals surface area contributed by atoms with E-state index in [4.69, 9.17) is 5.73 Å². The highest BCUT2D eigenvalue weighted by atomic mass is 15.2. The lowest BCUT2D eigenvalue weighted by Gasteiger charge is -2.14. The van der Waals surface area contributed by atoms with Gasteiger partial charge in [0.2, 0.25) is 5.95 Å². The lowest BCUT2D eigenvalue weighted by Crippen LogP contribution is -2.14. The molecule has 0 spiro atoms. The average molecular weight is 254 g/mol. The zero-order valence-electron chi connectivity index (χ0n) is 11.6. The first-order valence-electron chi connectivity index (χ1n) is 6.51. The van der Waals surface area contributed by atoms with Gasteiger partial charge in [-0.15, -0.1) is 0 Å². The Morgan fingerprint density at radius 2 is 2.00 bits per heavy atom. The van der Waals surface area contributed by atoms with E-state index in [-0.39, 0.29) is 0 Å². The van der Waals surface area contributed by atoms with Crippen LogP contribution in [-0.2, 0) is 6.42 Å². The van der Waals surface area contributed by atoms with Gasteiger partial charge in [-0.05, 0) is 31.9 Å². The molecule has 0 fully saturated rings. The van der Waals surface area contributed by atoms with Crippen LogP contribution < -0.4 is 10.6 Å². The molecule has 1 aliphatic heterocycles. The number of rotatable bonds is 1. The van der Waals surface area contributed by atoms with Gasteiger partial charge in [0.05, 0.1) is 5.69 Å². The third kappa shape index (κ3) is 1.93. The summed E-state index contributed by atoms with van der Waals surface area (Å²) in [6, 6.07) is 6.43. The summed E-state index contributed by atoms with van der Waals surface area (Å²) >= 11 is 0. The SMILES string of the molecule is Cc1ccc(C)c(-c2nc(N)nc3c2CCN3C)c1. The van der Waals surface area contributed by atoms with Gasteiger partial charge >= 0.3 is 0 Å². The number of aryl methyl sites for hydroxylation is 2. The van der Waals surface area contributed by atoms with Crippen LogP contribution in [0, 0.1) is 13.8 Å². The predicted molar refractivity (Wildman–Crippen MR) is 78.3 cm³/mol. The minimum Gasteiger partial charge on any atom is -0.368 e. The molecule has 4 nitrogen and oxygen atoms in total. The second kappa shape index (κ2) is 4.23. The fourth-order valence-electron chi connectivity index (χ4n) is 2.63. The highest BCUT2D eigenvalue weighted by Gasteiger charge is 2.24. The van der Waals surface area contributed by atoms with Crippen molar-refractivity contribution in [1.82, 2.24) is 9.97 Å². The van der Waals surface area contributed by atoms with Gasteiger partial charge in [0.15, 0.2) is 0 Å².